The van der Waals surface area contributed by atoms with E-state index in [0.29, 0.717) is 0 Å². The minimum absolute atomic E-state index is 0.807. The molecule has 0 aliphatic heterocycles. The summed E-state index contributed by atoms with van der Waals surface area (Å²) < 4.78 is 4.77. The normalized spacial score (nSPS) is 10.0. The number of hydrogen-bond donors (Lipinski definition) is 1. The lowest BCUT2D eigenvalue weighted by molar-refractivity contribution is 0.492. The van der Waals surface area contributed by atoms with Crippen LogP contribution in [0, 0.1) is 13.8 Å². The highest BCUT2D eigenvalue weighted by Crippen LogP contribution is 2.02. The molecule has 0 radical (unpaired) electrons. The zero-order chi connectivity index (χ0) is 9.14. The lowest BCUT2D eigenvalue weighted by Gasteiger charge is -2.04. The van der Waals surface area contributed by atoms with Crippen LogP contribution >= 0.6 is 23.0 Å². The highest BCUT2D eigenvalue weighted by molar-refractivity contribution is 14.1. The van der Waals surface area contributed by atoms with E-state index >= 15 is 0 Å². The first-order valence-electron chi connectivity index (χ1n) is 3.67. The SMILES string of the molecule is Cc1cc(C)cc(B(O)OI)c1. The van der Waals surface area contributed by atoms with Crippen LogP contribution in [-0.2, 0) is 2.98 Å². The maximum atomic E-state index is 9.35. The van der Waals surface area contributed by atoms with Gasteiger partial charge in [0.25, 0.3) is 0 Å². The molecule has 1 N–H and O–H groups in total. The second-order valence-corrected chi connectivity index (χ2v) is 3.37. The van der Waals surface area contributed by atoms with E-state index in [1.165, 1.54) is 0 Å². The molecule has 0 unspecified atom stereocenters. The summed E-state index contributed by atoms with van der Waals surface area (Å²) in [7, 11) is -0.816. The third kappa shape index (κ3) is 2.47. The summed E-state index contributed by atoms with van der Waals surface area (Å²) in [5.74, 6) is 0. The van der Waals surface area contributed by atoms with Gasteiger partial charge in [-0.1, -0.05) is 29.3 Å². The van der Waals surface area contributed by atoms with Crippen LogP contribution in [0.3, 0.4) is 0 Å². The van der Waals surface area contributed by atoms with Crippen LogP contribution in [0.1, 0.15) is 11.1 Å². The van der Waals surface area contributed by atoms with Gasteiger partial charge in [0.05, 0.1) is 23.0 Å². The Hall–Kier alpha value is -0.0651. The zero-order valence-electron chi connectivity index (χ0n) is 7.04. The molecule has 4 heteroatoms. The van der Waals surface area contributed by atoms with Gasteiger partial charge in [0.1, 0.15) is 0 Å². The number of hydrogen-bond acceptors (Lipinski definition) is 2. The van der Waals surface area contributed by atoms with E-state index in [4.69, 9.17) is 2.98 Å². The molecule has 0 aliphatic rings. The molecule has 0 saturated carbocycles. The van der Waals surface area contributed by atoms with Crippen LogP contribution in [0.4, 0.5) is 0 Å². The van der Waals surface area contributed by atoms with Crippen LogP contribution < -0.4 is 5.46 Å². The van der Waals surface area contributed by atoms with Gasteiger partial charge in [-0.2, -0.15) is 0 Å². The number of halogens is 1. The summed E-state index contributed by atoms with van der Waals surface area (Å²) in [6.07, 6.45) is 0. The van der Waals surface area contributed by atoms with Crippen molar-refractivity contribution in [2.24, 2.45) is 0 Å². The molecule has 0 heterocycles. The van der Waals surface area contributed by atoms with Crippen molar-refractivity contribution >= 4 is 35.6 Å². The molecule has 12 heavy (non-hydrogen) atoms. The zero-order valence-corrected chi connectivity index (χ0v) is 9.20. The highest BCUT2D eigenvalue weighted by Gasteiger charge is 2.15. The van der Waals surface area contributed by atoms with E-state index in [2.05, 4.69) is 6.07 Å². The molecule has 1 aromatic carbocycles. The third-order valence-electron chi connectivity index (χ3n) is 1.61. The Morgan fingerprint density at radius 3 is 2.17 bits per heavy atom. The van der Waals surface area contributed by atoms with Gasteiger partial charge in [-0.3, -0.25) is 0 Å². The second kappa shape index (κ2) is 4.25. The van der Waals surface area contributed by atoms with Crippen molar-refractivity contribution in [3.8, 4) is 0 Å². The molecule has 0 fully saturated rings. The van der Waals surface area contributed by atoms with Gasteiger partial charge >= 0.3 is 7.12 Å². The van der Waals surface area contributed by atoms with Gasteiger partial charge in [0.2, 0.25) is 0 Å². The Bertz CT molecular complexity index is 258. The Kier molecular flexibility index (Phi) is 3.55. The predicted octanol–water partition coefficient (Wildman–Crippen LogP) is 1.36. The summed E-state index contributed by atoms with van der Waals surface area (Å²) in [5.41, 5.74) is 3.08. The Morgan fingerprint density at radius 1 is 1.25 bits per heavy atom. The van der Waals surface area contributed by atoms with Crippen molar-refractivity contribution in [1.29, 1.82) is 0 Å². The predicted molar refractivity (Wildman–Crippen MR) is 58.6 cm³/mol. The van der Waals surface area contributed by atoms with Gasteiger partial charge in [0.15, 0.2) is 0 Å². The number of rotatable bonds is 2. The van der Waals surface area contributed by atoms with Crippen LogP contribution in [0.15, 0.2) is 18.2 Å². The van der Waals surface area contributed by atoms with Gasteiger partial charge in [-0.05, 0) is 19.3 Å². The Labute approximate surface area is 86.8 Å². The molecule has 64 valence electrons. The Morgan fingerprint density at radius 2 is 1.75 bits per heavy atom. The summed E-state index contributed by atoms with van der Waals surface area (Å²) >= 11 is 1.69. The molecule has 1 aromatic rings. The Balaban J connectivity index is 3.00. The molecule has 0 aromatic heterocycles. The molecule has 0 spiro atoms. The van der Waals surface area contributed by atoms with E-state index in [1.807, 2.05) is 26.0 Å². The third-order valence-corrected chi connectivity index (χ3v) is 2.10. The fourth-order valence-electron chi connectivity index (χ4n) is 1.20. The van der Waals surface area contributed by atoms with Crippen LogP contribution in [0.25, 0.3) is 0 Å². The maximum absolute atomic E-state index is 9.35. The minimum Gasteiger partial charge on any atom is -0.423 e. The standard InChI is InChI=1S/C8H10BIO2/c1-6-3-7(2)5-8(4-6)9(11)12-10/h3-5,11H,1-2H3. The molecular weight excluding hydrogens is 266 g/mol. The van der Waals surface area contributed by atoms with E-state index < -0.39 is 7.12 Å². The summed E-state index contributed by atoms with van der Waals surface area (Å²) in [4.78, 5) is 0. The number of aryl methyl sites for hydroxylation is 2. The van der Waals surface area contributed by atoms with Crippen molar-refractivity contribution in [3.63, 3.8) is 0 Å². The van der Waals surface area contributed by atoms with E-state index in [9.17, 15) is 5.02 Å². The van der Waals surface area contributed by atoms with E-state index in [-0.39, 0.29) is 0 Å². The fourth-order valence-corrected chi connectivity index (χ4v) is 1.50. The molecule has 0 aliphatic carbocycles. The molecular formula is C8H10BIO2. The first kappa shape index (κ1) is 10.0. The largest absolute Gasteiger partial charge is 0.500 e. The van der Waals surface area contributed by atoms with Gasteiger partial charge in [0, 0.05) is 0 Å². The molecule has 0 bridgehead atoms. The lowest BCUT2D eigenvalue weighted by atomic mass is 9.79. The number of benzene rings is 1. The topological polar surface area (TPSA) is 29.5 Å². The average Bonchev–Trinajstić information content (AvgIpc) is 2.01. The molecule has 0 amide bonds. The lowest BCUT2D eigenvalue weighted by Crippen LogP contribution is -2.30. The van der Waals surface area contributed by atoms with Crippen molar-refractivity contribution in [3.05, 3.63) is 29.3 Å². The van der Waals surface area contributed by atoms with Crippen LogP contribution in [0.2, 0.25) is 0 Å². The van der Waals surface area contributed by atoms with Crippen molar-refractivity contribution in [1.82, 2.24) is 0 Å². The quantitative estimate of drug-likeness (QED) is 0.652. The first-order valence-corrected chi connectivity index (χ1v) is 4.55. The van der Waals surface area contributed by atoms with Crippen molar-refractivity contribution in [2.45, 2.75) is 13.8 Å². The van der Waals surface area contributed by atoms with Crippen molar-refractivity contribution < 1.29 is 8.01 Å². The molecule has 0 atom stereocenters. The summed E-state index contributed by atoms with van der Waals surface area (Å²) in [5, 5.41) is 9.35. The molecule has 1 rings (SSSR count). The highest BCUT2D eigenvalue weighted by atomic mass is 127. The van der Waals surface area contributed by atoms with Gasteiger partial charge in [-0.15, -0.1) is 0 Å². The first-order chi connectivity index (χ1) is 5.63. The van der Waals surface area contributed by atoms with E-state index in [0.717, 1.165) is 16.6 Å². The molecule has 0 saturated heterocycles. The average molecular weight is 276 g/mol. The second-order valence-electron chi connectivity index (χ2n) is 2.86. The maximum Gasteiger partial charge on any atom is 0.500 e. The van der Waals surface area contributed by atoms with E-state index in [1.54, 1.807) is 23.0 Å². The monoisotopic (exact) mass is 276 g/mol. The van der Waals surface area contributed by atoms with Gasteiger partial charge < -0.3 is 8.01 Å². The summed E-state index contributed by atoms with van der Waals surface area (Å²) in [6, 6.07) is 5.88. The molecule has 2 nitrogen and oxygen atoms in total. The van der Waals surface area contributed by atoms with Gasteiger partial charge in [-0.25, -0.2) is 0 Å². The fraction of sp³-hybridized carbons (Fsp3) is 0.250. The minimum atomic E-state index is -0.816. The van der Waals surface area contributed by atoms with Crippen LogP contribution in [-0.4, -0.2) is 12.1 Å². The van der Waals surface area contributed by atoms with Crippen LogP contribution in [0.5, 0.6) is 0 Å². The van der Waals surface area contributed by atoms with Crippen molar-refractivity contribution in [2.75, 3.05) is 0 Å². The smallest absolute Gasteiger partial charge is 0.423 e. The summed E-state index contributed by atoms with van der Waals surface area (Å²) in [6.45, 7) is 3.99.